The van der Waals surface area contributed by atoms with Gasteiger partial charge in [-0.1, -0.05) is 0 Å². The summed E-state index contributed by atoms with van der Waals surface area (Å²) < 4.78 is 34.0. The Balaban J connectivity index is 1.52. The summed E-state index contributed by atoms with van der Waals surface area (Å²) in [5.74, 6) is -0.591. The highest BCUT2D eigenvalue weighted by Gasteiger charge is 2.42. The summed E-state index contributed by atoms with van der Waals surface area (Å²) in [6, 6.07) is 7.97. The molecule has 0 spiro atoms. The monoisotopic (exact) mass is 406 g/mol. The van der Waals surface area contributed by atoms with Gasteiger partial charge in [-0.3, -0.25) is 4.79 Å². The third kappa shape index (κ3) is 5.01. The molecular weight excluding hydrogens is 384 g/mol. The summed E-state index contributed by atoms with van der Waals surface area (Å²) in [5.41, 5.74) is 0.474. The molecule has 1 heterocycles. The van der Waals surface area contributed by atoms with Gasteiger partial charge in [0.05, 0.1) is 23.1 Å². The van der Waals surface area contributed by atoms with Gasteiger partial charge in [-0.15, -0.1) is 0 Å². The zero-order chi connectivity index (χ0) is 20.3. The predicted molar refractivity (Wildman–Crippen MR) is 99.1 cm³/mol. The van der Waals surface area contributed by atoms with E-state index in [2.05, 4.69) is 0 Å². The lowest BCUT2D eigenvalue weighted by Gasteiger charge is -2.28. The maximum atomic E-state index is 12.6. The number of carbonyl (C=O) groups excluding carboxylic acids is 2. The van der Waals surface area contributed by atoms with E-state index in [9.17, 15) is 18.0 Å². The molecule has 2 fully saturated rings. The van der Waals surface area contributed by atoms with Crippen molar-refractivity contribution in [2.24, 2.45) is 0 Å². The summed E-state index contributed by atoms with van der Waals surface area (Å²) in [7, 11) is -3.11. The van der Waals surface area contributed by atoms with E-state index in [1.54, 1.807) is 29.2 Å². The van der Waals surface area contributed by atoms with E-state index in [1.807, 2.05) is 6.07 Å². The lowest BCUT2D eigenvalue weighted by Crippen LogP contribution is -2.45. The highest BCUT2D eigenvalue weighted by atomic mass is 32.2. The first-order chi connectivity index (χ1) is 13.3. The van der Waals surface area contributed by atoms with Gasteiger partial charge < -0.3 is 14.4 Å². The van der Waals surface area contributed by atoms with Crippen LogP contribution < -0.4 is 4.74 Å². The van der Waals surface area contributed by atoms with Crippen molar-refractivity contribution in [3.05, 3.63) is 29.8 Å². The maximum Gasteiger partial charge on any atom is 0.347 e. The Hall–Kier alpha value is -2.60. The zero-order valence-corrected chi connectivity index (χ0v) is 16.4. The van der Waals surface area contributed by atoms with Crippen molar-refractivity contribution in [3.63, 3.8) is 0 Å². The van der Waals surface area contributed by atoms with Crippen LogP contribution in [0.2, 0.25) is 0 Å². The van der Waals surface area contributed by atoms with E-state index in [4.69, 9.17) is 14.7 Å². The number of ether oxygens (including phenoxy) is 2. The molecule has 1 amide bonds. The normalized spacial score (nSPS) is 21.4. The van der Waals surface area contributed by atoms with Crippen molar-refractivity contribution in [3.8, 4) is 11.8 Å². The second-order valence-corrected chi connectivity index (χ2v) is 9.32. The fourth-order valence-electron chi connectivity index (χ4n) is 3.24. The molecule has 0 unspecified atom stereocenters. The van der Waals surface area contributed by atoms with Crippen LogP contribution >= 0.6 is 0 Å². The molecular formula is C19H22N2O6S. The largest absolute Gasteiger partial charge is 0.479 e. The predicted octanol–water partition coefficient (Wildman–Crippen LogP) is 1.05. The quantitative estimate of drug-likeness (QED) is 0.622. The molecule has 1 saturated heterocycles. The van der Waals surface area contributed by atoms with Crippen molar-refractivity contribution in [1.29, 1.82) is 5.26 Å². The number of amides is 1. The second kappa shape index (κ2) is 8.19. The van der Waals surface area contributed by atoms with Gasteiger partial charge in [-0.05, 0) is 50.5 Å². The summed E-state index contributed by atoms with van der Waals surface area (Å²) in [6.45, 7) is 1.07. The summed E-state index contributed by atoms with van der Waals surface area (Å²) in [6.07, 6.45) is 1.18. The lowest BCUT2D eigenvalue weighted by molar-refractivity contribution is -0.158. The molecule has 0 N–H and O–H groups in total. The van der Waals surface area contributed by atoms with Crippen LogP contribution in [0.1, 0.15) is 31.7 Å². The summed E-state index contributed by atoms with van der Waals surface area (Å²) in [5, 5.41) is 8.78. The first kappa shape index (κ1) is 20.1. The molecule has 1 aliphatic carbocycles. The molecule has 1 aromatic carbocycles. The number of esters is 1. The van der Waals surface area contributed by atoms with Crippen LogP contribution in [-0.2, 0) is 24.2 Å². The van der Waals surface area contributed by atoms with Crippen LogP contribution in [0.25, 0.3) is 0 Å². The molecule has 2 aliphatic rings. The Kier molecular flexibility index (Phi) is 5.89. The van der Waals surface area contributed by atoms with E-state index in [1.165, 1.54) is 6.92 Å². The fourth-order valence-corrected chi connectivity index (χ4v) is 4.95. The molecule has 150 valence electrons. The van der Waals surface area contributed by atoms with Crippen LogP contribution in [0, 0.1) is 11.3 Å². The van der Waals surface area contributed by atoms with Crippen molar-refractivity contribution in [2.75, 3.05) is 18.1 Å². The highest BCUT2D eigenvalue weighted by molar-refractivity contribution is 7.91. The molecule has 2 atom stereocenters. The molecule has 28 heavy (non-hydrogen) atoms. The minimum Gasteiger partial charge on any atom is -0.479 e. The smallest absolute Gasteiger partial charge is 0.347 e. The van der Waals surface area contributed by atoms with Crippen LogP contribution in [0.15, 0.2) is 24.3 Å². The van der Waals surface area contributed by atoms with E-state index < -0.39 is 28.5 Å². The lowest BCUT2D eigenvalue weighted by atomic mass is 10.2. The Morgan fingerprint density at radius 1 is 1.21 bits per heavy atom. The van der Waals surface area contributed by atoms with Gasteiger partial charge in [-0.2, -0.15) is 5.26 Å². The molecule has 0 bridgehead atoms. The van der Waals surface area contributed by atoms with Gasteiger partial charge in [0.2, 0.25) is 0 Å². The maximum absolute atomic E-state index is 12.6. The Bertz CT molecular complexity index is 886. The van der Waals surface area contributed by atoms with Gasteiger partial charge in [-0.25, -0.2) is 13.2 Å². The minimum atomic E-state index is -3.11. The Morgan fingerprint density at radius 2 is 1.89 bits per heavy atom. The Morgan fingerprint density at radius 3 is 2.43 bits per heavy atom. The third-order valence-corrected chi connectivity index (χ3v) is 6.55. The van der Waals surface area contributed by atoms with Crippen molar-refractivity contribution in [1.82, 2.24) is 4.90 Å². The average Bonchev–Trinajstić information content (AvgIpc) is 3.43. The van der Waals surface area contributed by atoms with Crippen molar-refractivity contribution >= 4 is 21.7 Å². The standard InChI is InChI=1S/C19H22N2O6S/c1-13(27-17-6-2-14(10-20)3-7-17)19(23)26-11-18(22)21(15-4-5-15)16-8-9-28(24,25)12-16/h2-3,6-7,13,15-16H,4-5,8-9,11-12H2,1H3/t13-,16+/m1/s1. The van der Waals surface area contributed by atoms with E-state index in [0.717, 1.165) is 12.8 Å². The molecule has 0 aromatic heterocycles. The van der Waals surface area contributed by atoms with Crippen LogP contribution in [0.3, 0.4) is 0 Å². The first-order valence-electron chi connectivity index (χ1n) is 9.14. The SMILES string of the molecule is C[C@@H](Oc1ccc(C#N)cc1)C(=O)OCC(=O)N(C1CC1)[C@H]1CCS(=O)(=O)C1. The van der Waals surface area contributed by atoms with Gasteiger partial charge in [0.25, 0.3) is 5.91 Å². The number of hydrogen-bond acceptors (Lipinski definition) is 7. The molecule has 1 aliphatic heterocycles. The molecule has 1 aromatic rings. The van der Waals surface area contributed by atoms with Crippen molar-refractivity contribution in [2.45, 2.75) is 44.4 Å². The number of carbonyl (C=O) groups is 2. The van der Waals surface area contributed by atoms with Crippen molar-refractivity contribution < 1.29 is 27.5 Å². The molecule has 3 rings (SSSR count). The molecule has 1 saturated carbocycles. The number of benzene rings is 1. The van der Waals surface area contributed by atoms with Gasteiger partial charge >= 0.3 is 5.97 Å². The zero-order valence-electron chi connectivity index (χ0n) is 15.5. The average molecular weight is 406 g/mol. The molecule has 9 heteroatoms. The van der Waals surface area contributed by atoms with Gasteiger partial charge in [0.15, 0.2) is 22.5 Å². The second-order valence-electron chi connectivity index (χ2n) is 7.09. The summed E-state index contributed by atoms with van der Waals surface area (Å²) >= 11 is 0. The van der Waals surface area contributed by atoms with E-state index in [0.29, 0.717) is 17.7 Å². The van der Waals surface area contributed by atoms with Crippen LogP contribution in [-0.4, -0.2) is 61.5 Å². The van der Waals surface area contributed by atoms with Crippen LogP contribution in [0.4, 0.5) is 0 Å². The number of rotatable bonds is 7. The number of sulfone groups is 1. The fraction of sp³-hybridized carbons (Fsp3) is 0.526. The summed E-state index contributed by atoms with van der Waals surface area (Å²) in [4.78, 5) is 26.3. The number of nitrogens with zero attached hydrogens (tertiary/aromatic N) is 2. The first-order valence-corrected chi connectivity index (χ1v) is 11.0. The van der Waals surface area contributed by atoms with Crippen LogP contribution in [0.5, 0.6) is 5.75 Å². The highest BCUT2D eigenvalue weighted by Crippen LogP contribution is 2.32. The number of hydrogen-bond donors (Lipinski definition) is 0. The number of nitriles is 1. The van der Waals surface area contributed by atoms with Gasteiger partial charge in [0.1, 0.15) is 5.75 Å². The topological polar surface area (TPSA) is 114 Å². The van der Waals surface area contributed by atoms with E-state index >= 15 is 0 Å². The third-order valence-electron chi connectivity index (χ3n) is 4.80. The van der Waals surface area contributed by atoms with E-state index in [-0.39, 0.29) is 29.5 Å². The molecule has 0 radical (unpaired) electrons. The Labute approximate surface area is 163 Å². The molecule has 8 nitrogen and oxygen atoms in total. The minimum absolute atomic E-state index is 0.0264. The van der Waals surface area contributed by atoms with Gasteiger partial charge in [0, 0.05) is 12.1 Å².